The van der Waals surface area contributed by atoms with Gasteiger partial charge in [0.15, 0.2) is 5.82 Å². The number of aromatic nitrogens is 5. The molecule has 0 unspecified atom stereocenters. The van der Waals surface area contributed by atoms with Gasteiger partial charge in [0.1, 0.15) is 11.5 Å². The third-order valence-electron chi connectivity index (χ3n) is 8.41. The van der Waals surface area contributed by atoms with E-state index in [2.05, 4.69) is 35.7 Å². The van der Waals surface area contributed by atoms with Crippen LogP contribution in [0.15, 0.2) is 30.5 Å². The van der Waals surface area contributed by atoms with Gasteiger partial charge in [-0.15, -0.1) is 10.2 Å². The summed E-state index contributed by atoms with van der Waals surface area (Å²) in [4.78, 5) is 11.9. The smallest absolute Gasteiger partial charge is 0.340 e. The van der Waals surface area contributed by atoms with Crippen LogP contribution in [-0.2, 0) is 19.3 Å². The van der Waals surface area contributed by atoms with Gasteiger partial charge in [-0.3, -0.25) is 9.47 Å². The van der Waals surface area contributed by atoms with E-state index in [0.29, 0.717) is 37.7 Å². The molecule has 2 aliphatic heterocycles. The number of hydrogen-bond donors (Lipinski definition) is 0. The van der Waals surface area contributed by atoms with Gasteiger partial charge in [-0.1, -0.05) is 11.6 Å². The van der Waals surface area contributed by atoms with Crippen LogP contribution in [0.2, 0.25) is 5.02 Å². The van der Waals surface area contributed by atoms with Crippen molar-refractivity contribution in [3.8, 4) is 11.8 Å². The van der Waals surface area contributed by atoms with Crippen molar-refractivity contribution in [3.63, 3.8) is 0 Å². The summed E-state index contributed by atoms with van der Waals surface area (Å²) >= 11 is 6.37. The van der Waals surface area contributed by atoms with Gasteiger partial charge in [-0.2, -0.15) is 18.4 Å². The Bertz CT molecular complexity index is 1460. The summed E-state index contributed by atoms with van der Waals surface area (Å²) in [6.07, 6.45) is 0.284. The van der Waals surface area contributed by atoms with Crippen LogP contribution in [0.25, 0.3) is 5.69 Å². The molecule has 0 bridgehead atoms. The van der Waals surface area contributed by atoms with E-state index in [1.54, 1.807) is 0 Å². The van der Waals surface area contributed by atoms with E-state index < -0.39 is 11.9 Å². The van der Waals surface area contributed by atoms with Crippen LogP contribution in [0.3, 0.4) is 0 Å². The average molecular weight is 541 g/mol. The summed E-state index contributed by atoms with van der Waals surface area (Å²) in [5.74, 6) is 2.08. The first kappa shape index (κ1) is 23.9. The highest BCUT2D eigenvalue weighted by Gasteiger charge is 2.55. The summed E-state index contributed by atoms with van der Waals surface area (Å²) < 4.78 is 41.3. The summed E-state index contributed by atoms with van der Waals surface area (Å²) in [5.41, 5.74) is 0.936. The molecular formula is C26H24ClF3N8. The fraction of sp³-hybridized carbons (Fsp3) is 0.500. The van der Waals surface area contributed by atoms with Crippen LogP contribution in [0.1, 0.15) is 54.5 Å². The monoisotopic (exact) mass is 540 g/mol. The van der Waals surface area contributed by atoms with Gasteiger partial charge in [-0.05, 0) is 55.5 Å². The van der Waals surface area contributed by atoms with Crippen molar-refractivity contribution in [2.75, 3.05) is 24.5 Å². The van der Waals surface area contributed by atoms with Gasteiger partial charge < -0.3 is 4.90 Å². The van der Waals surface area contributed by atoms with Crippen molar-refractivity contribution in [2.45, 2.75) is 50.9 Å². The first-order valence-corrected chi connectivity index (χ1v) is 13.1. The second kappa shape index (κ2) is 8.13. The van der Waals surface area contributed by atoms with E-state index in [4.69, 9.17) is 11.6 Å². The van der Waals surface area contributed by atoms with Gasteiger partial charge in [0.05, 0.1) is 23.7 Å². The fourth-order valence-electron chi connectivity index (χ4n) is 6.34. The van der Waals surface area contributed by atoms with Gasteiger partial charge in [0.2, 0.25) is 5.95 Å². The maximum Gasteiger partial charge on any atom is 0.433 e. The minimum Gasteiger partial charge on any atom is -0.340 e. The number of nitrogens with zero attached hydrogens (tertiary/aromatic N) is 8. The Morgan fingerprint density at radius 3 is 2.61 bits per heavy atom. The quantitative estimate of drug-likeness (QED) is 0.473. The number of benzene rings is 1. The molecule has 2 aromatic heterocycles. The lowest BCUT2D eigenvalue weighted by molar-refractivity contribution is -0.141. The van der Waals surface area contributed by atoms with E-state index in [0.717, 1.165) is 54.6 Å². The number of alkyl halides is 3. The number of halogens is 4. The SMILES string of the molecule is N#CC1(CN2Cc3cc(Cl)ccc3-n3c(nnc3C3CC4(C3)CN(c3nccc(C(F)(F)F)n3)C4)C2)CC1. The largest absolute Gasteiger partial charge is 0.433 e. The zero-order chi connectivity index (χ0) is 26.3. The number of hydrogen-bond acceptors (Lipinski definition) is 7. The molecule has 4 aliphatic rings. The topological polar surface area (TPSA) is 86.8 Å². The first-order chi connectivity index (χ1) is 18.2. The summed E-state index contributed by atoms with van der Waals surface area (Å²) in [6, 6.07) is 9.26. The normalized spacial score (nSPS) is 21.6. The number of fused-ring (bicyclic) bond motifs is 3. The molecule has 0 atom stereocenters. The van der Waals surface area contributed by atoms with Gasteiger partial charge in [0.25, 0.3) is 0 Å². The Labute approximate surface area is 222 Å². The zero-order valence-electron chi connectivity index (χ0n) is 20.4. The van der Waals surface area contributed by atoms with Crippen molar-refractivity contribution in [1.29, 1.82) is 5.26 Å². The zero-order valence-corrected chi connectivity index (χ0v) is 21.2. The van der Waals surface area contributed by atoms with Crippen molar-refractivity contribution < 1.29 is 13.2 Å². The molecule has 1 aromatic carbocycles. The van der Waals surface area contributed by atoms with Crippen LogP contribution in [0.5, 0.6) is 0 Å². The van der Waals surface area contributed by atoms with Gasteiger partial charge >= 0.3 is 6.18 Å². The summed E-state index contributed by atoms with van der Waals surface area (Å²) in [6.45, 7) is 3.23. The van der Waals surface area contributed by atoms with Crippen molar-refractivity contribution in [2.24, 2.45) is 10.8 Å². The van der Waals surface area contributed by atoms with E-state index in [-0.39, 0.29) is 22.7 Å². The predicted octanol–water partition coefficient (Wildman–Crippen LogP) is 4.73. The Hall–Kier alpha value is -3.23. The molecule has 7 rings (SSSR count). The van der Waals surface area contributed by atoms with Crippen LogP contribution < -0.4 is 4.90 Å². The molecule has 196 valence electrons. The molecule has 0 radical (unpaired) electrons. The van der Waals surface area contributed by atoms with Crippen LogP contribution in [0.4, 0.5) is 19.1 Å². The Morgan fingerprint density at radius 2 is 1.89 bits per heavy atom. The molecule has 0 amide bonds. The van der Waals surface area contributed by atoms with E-state index in [9.17, 15) is 18.4 Å². The molecule has 3 aromatic rings. The maximum absolute atomic E-state index is 13.1. The summed E-state index contributed by atoms with van der Waals surface area (Å²) in [7, 11) is 0. The molecular weight excluding hydrogens is 517 g/mol. The third kappa shape index (κ3) is 3.93. The third-order valence-corrected chi connectivity index (χ3v) is 8.64. The molecule has 1 saturated heterocycles. The maximum atomic E-state index is 13.1. The van der Waals surface area contributed by atoms with Crippen molar-refractivity contribution >= 4 is 17.5 Å². The Balaban J connectivity index is 1.10. The average Bonchev–Trinajstić information content (AvgIpc) is 3.52. The van der Waals surface area contributed by atoms with E-state index in [1.807, 2.05) is 23.1 Å². The lowest BCUT2D eigenvalue weighted by atomic mass is 9.57. The molecule has 3 fully saturated rings. The minimum atomic E-state index is -4.49. The van der Waals surface area contributed by atoms with Gasteiger partial charge in [-0.25, -0.2) is 9.97 Å². The molecule has 1 spiro atoms. The van der Waals surface area contributed by atoms with Crippen LogP contribution in [-0.4, -0.2) is 49.3 Å². The van der Waals surface area contributed by atoms with Crippen LogP contribution in [0, 0.1) is 22.2 Å². The molecule has 2 saturated carbocycles. The highest BCUT2D eigenvalue weighted by atomic mass is 35.5. The fourth-order valence-corrected chi connectivity index (χ4v) is 6.54. The van der Waals surface area contributed by atoms with Crippen molar-refractivity contribution in [1.82, 2.24) is 29.6 Å². The van der Waals surface area contributed by atoms with Gasteiger partial charge in [0, 0.05) is 48.7 Å². The molecule has 2 aliphatic carbocycles. The lowest BCUT2D eigenvalue weighted by Crippen LogP contribution is -2.62. The molecule has 12 heteroatoms. The minimum absolute atomic E-state index is 0.0272. The predicted molar refractivity (Wildman–Crippen MR) is 131 cm³/mol. The van der Waals surface area contributed by atoms with E-state index in [1.165, 1.54) is 6.20 Å². The molecule has 4 heterocycles. The standard InChI is InChI=1S/C26H24ClF3N8/c27-18-1-2-19-16(7-18)10-36(13-24(12-31)4-5-24)11-21-34-35-22(38(19)21)17-8-25(9-17)14-37(15-25)23-32-6-3-20(33-23)26(28,29)30/h1-3,6-7,17H,4-5,8-11,13-15H2. The lowest BCUT2D eigenvalue weighted by Gasteiger charge is -2.58. The second-order valence-corrected chi connectivity index (χ2v) is 11.8. The highest BCUT2D eigenvalue weighted by molar-refractivity contribution is 6.30. The van der Waals surface area contributed by atoms with E-state index >= 15 is 0 Å². The highest BCUT2D eigenvalue weighted by Crippen LogP contribution is 2.56. The summed E-state index contributed by atoms with van der Waals surface area (Å²) in [5, 5.41) is 19.5. The Morgan fingerprint density at radius 1 is 1.11 bits per heavy atom. The first-order valence-electron chi connectivity index (χ1n) is 12.7. The number of nitriles is 1. The number of anilines is 1. The van der Waals surface area contributed by atoms with Crippen molar-refractivity contribution in [3.05, 3.63) is 58.4 Å². The molecule has 8 nitrogen and oxygen atoms in total. The Kier molecular flexibility index (Phi) is 5.11. The number of rotatable bonds is 4. The molecule has 38 heavy (non-hydrogen) atoms. The van der Waals surface area contributed by atoms with Crippen LogP contribution >= 0.6 is 11.6 Å². The second-order valence-electron chi connectivity index (χ2n) is 11.3. The molecule has 0 N–H and O–H groups in total.